The molecule has 0 saturated carbocycles. The first-order valence-corrected chi connectivity index (χ1v) is 18.4. The summed E-state index contributed by atoms with van der Waals surface area (Å²) in [6, 6.07) is 69.2. The molecular weight excluding hydrogens is 657 g/mol. The number of hydrogen-bond acceptors (Lipinski definition) is 2. The van der Waals surface area contributed by atoms with Gasteiger partial charge in [-0.2, -0.15) is 0 Å². The maximum atomic E-state index is 6.36. The van der Waals surface area contributed by atoms with E-state index in [4.69, 9.17) is 9.72 Å². The van der Waals surface area contributed by atoms with Gasteiger partial charge in [-0.05, 0) is 104 Å². The number of ether oxygens (including phenoxy) is 1. The zero-order chi connectivity index (χ0) is 35.6. The highest BCUT2D eigenvalue weighted by Gasteiger charge is 2.21. The Balaban J connectivity index is 0.961. The lowest BCUT2D eigenvalue weighted by Crippen LogP contribution is -1.98. The summed E-state index contributed by atoms with van der Waals surface area (Å²) in [6.45, 7) is 0. The predicted octanol–water partition coefficient (Wildman–Crippen LogP) is 13.8. The zero-order valence-corrected chi connectivity index (χ0v) is 29.3. The highest BCUT2D eigenvalue weighted by molar-refractivity contribution is 6.10. The van der Waals surface area contributed by atoms with Gasteiger partial charge in [0.2, 0.25) is 0 Å². The minimum atomic E-state index is 0.907. The van der Waals surface area contributed by atoms with Crippen molar-refractivity contribution in [3.63, 3.8) is 0 Å². The van der Waals surface area contributed by atoms with Gasteiger partial charge in [0.25, 0.3) is 0 Å². The Kier molecular flexibility index (Phi) is 6.86. The van der Waals surface area contributed by atoms with Gasteiger partial charge in [0.15, 0.2) is 0 Å². The molecule has 0 fully saturated rings. The van der Waals surface area contributed by atoms with Gasteiger partial charge in [-0.1, -0.05) is 146 Å². The monoisotopic (exact) mass is 688 g/mol. The highest BCUT2D eigenvalue weighted by Crippen LogP contribution is 2.48. The molecule has 1 aliphatic rings. The minimum absolute atomic E-state index is 0.907. The molecule has 0 spiro atoms. The van der Waals surface area contributed by atoms with E-state index in [0.717, 1.165) is 50.7 Å². The van der Waals surface area contributed by atoms with Gasteiger partial charge in [-0.3, -0.25) is 4.57 Å². The first-order chi connectivity index (χ1) is 26.7. The van der Waals surface area contributed by atoms with Crippen molar-refractivity contribution in [2.45, 2.75) is 0 Å². The molecule has 0 unspecified atom stereocenters. The average Bonchev–Trinajstić information content (AvgIpc) is 3.64. The first-order valence-electron chi connectivity index (χ1n) is 18.4. The van der Waals surface area contributed by atoms with Gasteiger partial charge >= 0.3 is 0 Å². The van der Waals surface area contributed by atoms with Crippen molar-refractivity contribution in [2.75, 3.05) is 0 Å². The molecule has 3 heteroatoms. The van der Waals surface area contributed by atoms with E-state index in [0.29, 0.717) is 0 Å². The van der Waals surface area contributed by atoms with Gasteiger partial charge in [0.05, 0.1) is 11.0 Å². The van der Waals surface area contributed by atoms with E-state index in [1.807, 2.05) is 12.1 Å². The molecule has 3 nitrogen and oxygen atoms in total. The summed E-state index contributed by atoms with van der Waals surface area (Å²) in [5.74, 6) is 2.74. The fraction of sp³-hybridized carbons (Fsp3) is 0. The number of rotatable bonds is 5. The Hall–Kier alpha value is -7.23. The van der Waals surface area contributed by atoms with Crippen LogP contribution in [0, 0.1) is 0 Å². The summed E-state index contributed by atoms with van der Waals surface area (Å²) < 4.78 is 8.65. The lowest BCUT2D eigenvalue weighted by Gasteiger charge is -2.22. The van der Waals surface area contributed by atoms with E-state index >= 15 is 0 Å². The van der Waals surface area contributed by atoms with Crippen LogP contribution in [-0.4, -0.2) is 9.55 Å². The lowest BCUT2D eigenvalue weighted by atomic mass is 9.90. The molecular formula is C51H32N2O. The van der Waals surface area contributed by atoms with E-state index in [1.54, 1.807) is 0 Å². The Morgan fingerprint density at radius 1 is 0.389 bits per heavy atom. The third-order valence-corrected chi connectivity index (χ3v) is 10.8. The van der Waals surface area contributed by atoms with Crippen molar-refractivity contribution in [1.82, 2.24) is 9.55 Å². The summed E-state index contributed by atoms with van der Waals surface area (Å²) in [5, 5.41) is 4.78. The van der Waals surface area contributed by atoms with Crippen molar-refractivity contribution >= 4 is 32.6 Å². The molecule has 11 rings (SSSR count). The van der Waals surface area contributed by atoms with E-state index in [2.05, 4.69) is 187 Å². The van der Waals surface area contributed by atoms with Crippen LogP contribution in [0.2, 0.25) is 0 Å². The standard InChI is InChI=1S/C51H32N2O/c1-2-10-33(11-3-1)34-20-22-35(23-21-34)51-52-46-17-5-6-18-47(46)53(51)41-13-8-12-36(32-41)37-24-25-39-31-40(27-26-38(39)30-37)42-28-29-49-50-44(42)15-9-16-45(50)43-14-4-7-19-48(43)54-49/h1-32H. The average molecular weight is 689 g/mol. The second-order valence-corrected chi connectivity index (χ2v) is 14.0. The number of nitrogens with zero attached hydrogens (tertiary/aromatic N) is 2. The molecule has 0 amide bonds. The van der Waals surface area contributed by atoms with Crippen LogP contribution in [0.15, 0.2) is 194 Å². The second-order valence-electron chi connectivity index (χ2n) is 14.0. The van der Waals surface area contributed by atoms with Crippen LogP contribution in [0.3, 0.4) is 0 Å². The minimum Gasteiger partial charge on any atom is -0.456 e. The Morgan fingerprint density at radius 2 is 1.04 bits per heavy atom. The van der Waals surface area contributed by atoms with Gasteiger partial charge in [-0.25, -0.2) is 4.98 Å². The van der Waals surface area contributed by atoms with E-state index < -0.39 is 0 Å². The molecule has 0 radical (unpaired) electrons. The van der Waals surface area contributed by atoms with Crippen LogP contribution < -0.4 is 4.74 Å². The van der Waals surface area contributed by atoms with Crippen LogP contribution in [0.1, 0.15) is 0 Å². The van der Waals surface area contributed by atoms with Crippen LogP contribution in [0.4, 0.5) is 0 Å². The maximum Gasteiger partial charge on any atom is 0.145 e. The number of benzene rings is 9. The van der Waals surface area contributed by atoms with E-state index in [1.165, 1.54) is 54.9 Å². The van der Waals surface area contributed by atoms with Crippen LogP contribution in [-0.2, 0) is 0 Å². The Morgan fingerprint density at radius 3 is 1.93 bits per heavy atom. The van der Waals surface area contributed by atoms with Crippen LogP contribution in [0.5, 0.6) is 11.5 Å². The molecule has 252 valence electrons. The molecule has 54 heavy (non-hydrogen) atoms. The molecule has 0 N–H and O–H groups in total. The molecule has 10 aromatic rings. The summed E-state index contributed by atoms with van der Waals surface area (Å²) in [6.07, 6.45) is 0. The predicted molar refractivity (Wildman–Crippen MR) is 223 cm³/mol. The number of aromatic nitrogens is 2. The number of hydrogen-bond donors (Lipinski definition) is 0. The molecule has 9 aromatic carbocycles. The van der Waals surface area contributed by atoms with Crippen molar-refractivity contribution in [2.24, 2.45) is 0 Å². The number of para-hydroxylation sites is 3. The van der Waals surface area contributed by atoms with E-state index in [9.17, 15) is 0 Å². The smallest absolute Gasteiger partial charge is 0.145 e. The third kappa shape index (κ3) is 4.94. The molecule has 0 atom stereocenters. The largest absolute Gasteiger partial charge is 0.456 e. The second kappa shape index (κ2) is 12.2. The molecule has 2 heterocycles. The molecule has 0 bridgehead atoms. The Labute approximate surface area is 313 Å². The van der Waals surface area contributed by atoms with Crippen molar-refractivity contribution in [3.05, 3.63) is 194 Å². The quantitative estimate of drug-likeness (QED) is 0.180. The summed E-state index contributed by atoms with van der Waals surface area (Å²) >= 11 is 0. The molecule has 1 aliphatic heterocycles. The molecule has 1 aromatic heterocycles. The van der Waals surface area contributed by atoms with Gasteiger partial charge in [0, 0.05) is 22.2 Å². The normalized spacial score (nSPS) is 11.9. The van der Waals surface area contributed by atoms with Crippen molar-refractivity contribution in [3.8, 4) is 73.1 Å². The highest BCUT2D eigenvalue weighted by atomic mass is 16.5. The Bertz CT molecular complexity index is 3070. The van der Waals surface area contributed by atoms with Crippen molar-refractivity contribution in [1.29, 1.82) is 0 Å². The van der Waals surface area contributed by atoms with Gasteiger partial charge < -0.3 is 4.74 Å². The fourth-order valence-electron chi connectivity index (χ4n) is 8.17. The van der Waals surface area contributed by atoms with Crippen LogP contribution >= 0.6 is 0 Å². The van der Waals surface area contributed by atoms with Gasteiger partial charge in [-0.15, -0.1) is 0 Å². The number of imidazole rings is 1. The summed E-state index contributed by atoms with van der Waals surface area (Å²) in [4.78, 5) is 5.14. The zero-order valence-electron chi connectivity index (χ0n) is 29.3. The lowest BCUT2D eigenvalue weighted by molar-refractivity contribution is 0.487. The maximum absolute atomic E-state index is 6.36. The SMILES string of the molecule is c1ccc(-c2ccc(-c3nc4ccccc4n3-c3cccc(-c4ccc5cc(-c6ccc7c8c(cccc68)-c6ccccc6O7)ccc5c4)c3)cc2)cc1. The topological polar surface area (TPSA) is 27.1 Å². The van der Waals surface area contributed by atoms with Gasteiger partial charge in [0.1, 0.15) is 17.3 Å². The molecule has 0 saturated heterocycles. The fourth-order valence-corrected chi connectivity index (χ4v) is 8.17. The summed E-state index contributed by atoms with van der Waals surface area (Å²) in [7, 11) is 0. The first kappa shape index (κ1) is 30.4. The summed E-state index contributed by atoms with van der Waals surface area (Å²) in [5.41, 5.74) is 13.7. The number of fused-ring (bicyclic) bond motifs is 4. The van der Waals surface area contributed by atoms with Crippen LogP contribution in [0.25, 0.3) is 94.2 Å². The third-order valence-electron chi connectivity index (χ3n) is 10.8. The van der Waals surface area contributed by atoms with E-state index in [-0.39, 0.29) is 0 Å². The van der Waals surface area contributed by atoms with Crippen molar-refractivity contribution < 1.29 is 4.74 Å². The molecule has 0 aliphatic carbocycles.